The van der Waals surface area contributed by atoms with Gasteiger partial charge in [-0.05, 0) is 37.2 Å². The zero-order valence-electron chi connectivity index (χ0n) is 15.9. The van der Waals surface area contributed by atoms with Crippen LogP contribution in [0.15, 0.2) is 18.2 Å². The van der Waals surface area contributed by atoms with E-state index in [0.717, 1.165) is 12.1 Å². The number of nitro groups is 1. The predicted molar refractivity (Wildman–Crippen MR) is 103 cm³/mol. The standard InChI is InChI=1S/C17H19F3N6O3S/c1-24-14(22-23-16(24)30)9-21-15(27)10-4-6-25(7-5-10)12-3-2-11(17(18,19)20)8-13(12)26(28)29/h2-3,8,10H,4-7,9H2,1H3,(H,21,27)(H,23,30). The summed E-state index contributed by atoms with van der Waals surface area (Å²) >= 11 is 5.01. The molecule has 13 heteroatoms. The minimum absolute atomic E-state index is 0.119. The van der Waals surface area contributed by atoms with Gasteiger partial charge in [-0.2, -0.15) is 18.3 Å². The summed E-state index contributed by atoms with van der Waals surface area (Å²) in [7, 11) is 1.72. The molecule has 0 unspecified atom stereocenters. The van der Waals surface area contributed by atoms with Gasteiger partial charge >= 0.3 is 6.18 Å². The number of H-pyrrole nitrogens is 1. The average Bonchev–Trinajstić information content (AvgIpc) is 3.03. The number of hydrogen-bond donors (Lipinski definition) is 2. The molecule has 2 aromatic rings. The van der Waals surface area contributed by atoms with E-state index in [1.807, 2.05) is 0 Å². The van der Waals surface area contributed by atoms with Crippen LogP contribution in [0.3, 0.4) is 0 Å². The molecule has 2 heterocycles. The Labute approximate surface area is 174 Å². The fourth-order valence-electron chi connectivity index (χ4n) is 3.34. The smallest absolute Gasteiger partial charge is 0.366 e. The lowest BCUT2D eigenvalue weighted by molar-refractivity contribution is -0.384. The van der Waals surface area contributed by atoms with E-state index >= 15 is 0 Å². The lowest BCUT2D eigenvalue weighted by atomic mass is 9.95. The third kappa shape index (κ3) is 4.61. The Morgan fingerprint density at radius 3 is 2.60 bits per heavy atom. The van der Waals surface area contributed by atoms with Crippen LogP contribution in [0.4, 0.5) is 24.5 Å². The highest BCUT2D eigenvalue weighted by atomic mass is 32.1. The van der Waals surface area contributed by atoms with E-state index < -0.39 is 22.4 Å². The summed E-state index contributed by atoms with van der Waals surface area (Å²) in [6.07, 6.45) is -3.82. The average molecular weight is 444 g/mol. The number of alkyl halides is 3. The molecule has 0 radical (unpaired) electrons. The Morgan fingerprint density at radius 2 is 2.07 bits per heavy atom. The van der Waals surface area contributed by atoms with Crippen molar-refractivity contribution in [2.75, 3.05) is 18.0 Å². The summed E-state index contributed by atoms with van der Waals surface area (Å²) in [5.74, 6) is 0.0960. The molecule has 1 amide bonds. The zero-order chi connectivity index (χ0) is 22.1. The number of rotatable bonds is 5. The van der Waals surface area contributed by atoms with Crippen LogP contribution in [0.1, 0.15) is 24.2 Å². The molecular formula is C17H19F3N6O3S. The second kappa shape index (κ2) is 8.42. The second-order valence-corrected chi connectivity index (χ2v) is 7.33. The van der Waals surface area contributed by atoms with Crippen molar-refractivity contribution < 1.29 is 22.9 Å². The van der Waals surface area contributed by atoms with Gasteiger partial charge < -0.3 is 14.8 Å². The van der Waals surface area contributed by atoms with Gasteiger partial charge in [0, 0.05) is 32.1 Å². The maximum absolute atomic E-state index is 12.9. The minimum Gasteiger partial charge on any atom is -0.366 e. The topological polar surface area (TPSA) is 109 Å². The normalized spacial score (nSPS) is 15.3. The number of carbonyl (C=O) groups is 1. The summed E-state index contributed by atoms with van der Waals surface area (Å²) < 4.78 is 40.7. The number of nitrogens with zero attached hydrogens (tertiary/aromatic N) is 4. The van der Waals surface area contributed by atoms with Crippen LogP contribution >= 0.6 is 12.2 Å². The van der Waals surface area contributed by atoms with Crippen molar-refractivity contribution in [3.8, 4) is 0 Å². The third-order valence-electron chi connectivity index (χ3n) is 5.10. The molecule has 1 saturated heterocycles. The van der Waals surface area contributed by atoms with Crippen molar-refractivity contribution in [2.45, 2.75) is 25.6 Å². The Hall–Kier alpha value is -2.96. The number of amides is 1. The number of benzene rings is 1. The molecule has 162 valence electrons. The zero-order valence-corrected chi connectivity index (χ0v) is 16.7. The summed E-state index contributed by atoms with van der Waals surface area (Å²) in [4.78, 5) is 24.5. The lowest BCUT2D eigenvalue weighted by Crippen LogP contribution is -2.40. The molecule has 0 atom stereocenters. The van der Waals surface area contributed by atoms with Crippen LogP contribution in [0.5, 0.6) is 0 Å². The SMILES string of the molecule is Cn1c(CNC(=O)C2CCN(c3ccc(C(F)(F)F)cc3[N+](=O)[O-])CC2)n[nH]c1=S. The first-order valence-electron chi connectivity index (χ1n) is 9.06. The first-order chi connectivity index (χ1) is 14.1. The Balaban J connectivity index is 1.63. The van der Waals surface area contributed by atoms with Crippen LogP contribution in [0, 0.1) is 20.8 Å². The molecule has 1 aliphatic rings. The van der Waals surface area contributed by atoms with E-state index in [1.165, 1.54) is 0 Å². The van der Waals surface area contributed by atoms with Crippen LogP contribution < -0.4 is 10.2 Å². The molecule has 0 bridgehead atoms. The van der Waals surface area contributed by atoms with Gasteiger partial charge in [-0.1, -0.05) is 0 Å². The third-order valence-corrected chi connectivity index (χ3v) is 5.46. The molecule has 0 aliphatic carbocycles. The molecule has 30 heavy (non-hydrogen) atoms. The predicted octanol–water partition coefficient (Wildman–Crippen LogP) is 2.94. The molecule has 1 aromatic carbocycles. The molecule has 0 spiro atoms. The summed E-state index contributed by atoms with van der Waals surface area (Å²) in [6.45, 7) is 0.834. The molecule has 1 fully saturated rings. The summed E-state index contributed by atoms with van der Waals surface area (Å²) in [5.41, 5.74) is -1.55. The highest BCUT2D eigenvalue weighted by molar-refractivity contribution is 7.71. The van der Waals surface area contributed by atoms with Crippen molar-refractivity contribution >= 4 is 29.5 Å². The molecule has 1 aliphatic heterocycles. The van der Waals surface area contributed by atoms with Gasteiger partial charge in [0.15, 0.2) is 10.6 Å². The number of hydrogen-bond acceptors (Lipinski definition) is 6. The number of nitrogens with one attached hydrogen (secondary N) is 2. The first kappa shape index (κ1) is 21.7. The molecule has 1 aromatic heterocycles. The summed E-state index contributed by atoms with van der Waals surface area (Å²) in [5, 5.41) is 20.7. The van der Waals surface area contributed by atoms with Crippen LogP contribution in [-0.2, 0) is 24.6 Å². The Morgan fingerprint density at radius 1 is 1.40 bits per heavy atom. The lowest BCUT2D eigenvalue weighted by Gasteiger charge is -2.32. The van der Waals surface area contributed by atoms with Gasteiger partial charge in [-0.15, -0.1) is 0 Å². The van der Waals surface area contributed by atoms with E-state index in [2.05, 4.69) is 15.5 Å². The largest absolute Gasteiger partial charge is 0.416 e. The summed E-state index contributed by atoms with van der Waals surface area (Å²) in [6, 6.07) is 2.50. The van der Waals surface area contributed by atoms with E-state index in [0.29, 0.717) is 42.6 Å². The monoisotopic (exact) mass is 444 g/mol. The highest BCUT2D eigenvalue weighted by Crippen LogP contribution is 2.37. The van der Waals surface area contributed by atoms with Crippen LogP contribution in [0.2, 0.25) is 0 Å². The number of nitro benzene ring substituents is 1. The van der Waals surface area contributed by atoms with Crippen molar-refractivity contribution in [1.82, 2.24) is 20.1 Å². The number of carbonyl (C=O) groups excluding carboxylic acids is 1. The number of aromatic nitrogens is 3. The van der Waals surface area contributed by atoms with Crippen molar-refractivity contribution in [2.24, 2.45) is 13.0 Å². The number of anilines is 1. The molecule has 9 nitrogen and oxygen atoms in total. The van der Waals surface area contributed by atoms with Gasteiger partial charge in [0.2, 0.25) is 5.91 Å². The highest BCUT2D eigenvalue weighted by Gasteiger charge is 2.34. The van der Waals surface area contributed by atoms with E-state index in [9.17, 15) is 28.1 Å². The molecule has 0 saturated carbocycles. The second-order valence-electron chi connectivity index (χ2n) is 6.94. The fraction of sp³-hybridized carbons (Fsp3) is 0.471. The fourth-order valence-corrected chi connectivity index (χ4v) is 3.50. The Kier molecular flexibility index (Phi) is 6.10. The number of piperidine rings is 1. The van der Waals surface area contributed by atoms with Crippen LogP contribution in [0.25, 0.3) is 0 Å². The van der Waals surface area contributed by atoms with Gasteiger partial charge in [0.25, 0.3) is 5.69 Å². The van der Waals surface area contributed by atoms with Crippen molar-refractivity contribution in [1.29, 1.82) is 0 Å². The van der Waals surface area contributed by atoms with E-state index in [4.69, 9.17) is 12.2 Å². The first-order valence-corrected chi connectivity index (χ1v) is 9.47. The molecule has 3 rings (SSSR count). The van der Waals surface area contributed by atoms with Crippen molar-refractivity contribution in [3.05, 3.63) is 44.5 Å². The quantitative estimate of drug-likeness (QED) is 0.417. The van der Waals surface area contributed by atoms with E-state index in [1.54, 1.807) is 16.5 Å². The maximum atomic E-state index is 12.9. The van der Waals surface area contributed by atoms with Gasteiger partial charge in [0.05, 0.1) is 17.0 Å². The van der Waals surface area contributed by atoms with Gasteiger partial charge in [0.1, 0.15) is 5.69 Å². The molecular weight excluding hydrogens is 425 g/mol. The number of halogens is 3. The Bertz CT molecular complexity index is 1010. The maximum Gasteiger partial charge on any atom is 0.416 e. The van der Waals surface area contributed by atoms with Crippen LogP contribution in [-0.4, -0.2) is 38.7 Å². The molecule has 2 N–H and O–H groups in total. The number of aromatic amines is 1. The van der Waals surface area contributed by atoms with E-state index in [-0.39, 0.29) is 24.1 Å². The van der Waals surface area contributed by atoms with Gasteiger partial charge in [-0.25, -0.2) is 0 Å². The van der Waals surface area contributed by atoms with Gasteiger partial charge in [-0.3, -0.25) is 20.0 Å². The minimum atomic E-state index is -4.66. The van der Waals surface area contributed by atoms with Crippen molar-refractivity contribution in [3.63, 3.8) is 0 Å².